The van der Waals surface area contributed by atoms with Gasteiger partial charge in [-0.15, -0.1) is 11.3 Å². The summed E-state index contributed by atoms with van der Waals surface area (Å²) in [6, 6.07) is 9.88. The van der Waals surface area contributed by atoms with Crippen LogP contribution in [0.3, 0.4) is 0 Å². The monoisotopic (exact) mass is 447 g/mol. The van der Waals surface area contributed by atoms with E-state index in [1.165, 1.54) is 12.1 Å². The maximum absolute atomic E-state index is 12.2. The van der Waals surface area contributed by atoms with E-state index in [1.54, 1.807) is 23.5 Å². The SMILES string of the molecule is CCNC(=NCc1ccc(Br)s1)NCC(O)c1ccc(OC(F)F)cc1. The summed E-state index contributed by atoms with van der Waals surface area (Å²) >= 11 is 5.03. The van der Waals surface area contributed by atoms with Crippen molar-refractivity contribution in [1.82, 2.24) is 10.6 Å². The van der Waals surface area contributed by atoms with E-state index < -0.39 is 12.7 Å². The van der Waals surface area contributed by atoms with Crippen LogP contribution < -0.4 is 15.4 Å². The first-order valence-electron chi connectivity index (χ1n) is 7.97. The van der Waals surface area contributed by atoms with Gasteiger partial charge in [0.1, 0.15) is 5.75 Å². The van der Waals surface area contributed by atoms with Gasteiger partial charge >= 0.3 is 6.61 Å². The van der Waals surface area contributed by atoms with Crippen molar-refractivity contribution in [3.05, 3.63) is 50.6 Å². The van der Waals surface area contributed by atoms with Crippen LogP contribution >= 0.6 is 27.3 Å². The molecule has 2 rings (SSSR count). The molecule has 5 nitrogen and oxygen atoms in total. The van der Waals surface area contributed by atoms with E-state index in [2.05, 4.69) is 36.3 Å². The summed E-state index contributed by atoms with van der Waals surface area (Å²) < 4.78 is 29.7. The third-order valence-electron chi connectivity index (χ3n) is 3.32. The van der Waals surface area contributed by atoms with Crippen LogP contribution in [-0.2, 0) is 6.54 Å². The fraction of sp³-hybridized carbons (Fsp3) is 0.353. The number of aliphatic imine (C=N–C) groups is 1. The number of alkyl halides is 2. The summed E-state index contributed by atoms with van der Waals surface area (Å²) in [5, 5.41) is 16.4. The lowest BCUT2D eigenvalue weighted by Crippen LogP contribution is -2.39. The van der Waals surface area contributed by atoms with Gasteiger partial charge in [0.05, 0.1) is 16.4 Å². The van der Waals surface area contributed by atoms with Gasteiger partial charge < -0.3 is 20.5 Å². The summed E-state index contributed by atoms with van der Waals surface area (Å²) in [5.74, 6) is 0.648. The second-order valence-corrected chi connectivity index (χ2v) is 7.79. The Balaban J connectivity index is 1.90. The van der Waals surface area contributed by atoms with E-state index in [1.807, 2.05) is 19.1 Å². The number of nitrogens with zero attached hydrogens (tertiary/aromatic N) is 1. The maximum atomic E-state index is 12.2. The smallest absolute Gasteiger partial charge is 0.387 e. The van der Waals surface area contributed by atoms with Gasteiger partial charge in [-0.25, -0.2) is 4.99 Å². The van der Waals surface area contributed by atoms with Crippen molar-refractivity contribution in [3.63, 3.8) is 0 Å². The van der Waals surface area contributed by atoms with Crippen LogP contribution in [-0.4, -0.2) is 30.8 Å². The van der Waals surface area contributed by atoms with Crippen LogP contribution in [0, 0.1) is 0 Å². The molecule has 1 aromatic carbocycles. The predicted octanol–water partition coefficient (Wildman–Crippen LogP) is 3.90. The molecule has 2 aromatic rings. The van der Waals surface area contributed by atoms with Crippen LogP contribution in [0.5, 0.6) is 5.75 Å². The first-order valence-corrected chi connectivity index (χ1v) is 9.58. The second-order valence-electron chi connectivity index (χ2n) is 5.25. The van der Waals surface area contributed by atoms with Gasteiger partial charge in [-0.2, -0.15) is 8.78 Å². The number of hydrogen-bond donors (Lipinski definition) is 3. The van der Waals surface area contributed by atoms with Gasteiger partial charge in [-0.05, 0) is 52.7 Å². The van der Waals surface area contributed by atoms with E-state index in [4.69, 9.17) is 0 Å². The highest BCUT2D eigenvalue weighted by molar-refractivity contribution is 9.11. The molecule has 0 saturated heterocycles. The lowest BCUT2D eigenvalue weighted by atomic mass is 10.1. The zero-order valence-corrected chi connectivity index (χ0v) is 16.5. The minimum Gasteiger partial charge on any atom is -0.435 e. The number of hydrogen-bond acceptors (Lipinski definition) is 4. The van der Waals surface area contributed by atoms with Crippen molar-refractivity contribution in [1.29, 1.82) is 0 Å². The number of guanidine groups is 1. The molecular weight excluding hydrogens is 428 g/mol. The molecule has 1 aromatic heterocycles. The Morgan fingerprint density at radius 2 is 1.96 bits per heavy atom. The molecule has 0 aliphatic heterocycles. The minimum absolute atomic E-state index is 0.0564. The molecule has 26 heavy (non-hydrogen) atoms. The van der Waals surface area contributed by atoms with E-state index in [0.29, 0.717) is 24.6 Å². The van der Waals surface area contributed by atoms with Gasteiger partial charge in [0.15, 0.2) is 5.96 Å². The van der Waals surface area contributed by atoms with Gasteiger partial charge in [-0.1, -0.05) is 12.1 Å². The number of ether oxygens (including phenoxy) is 1. The van der Waals surface area contributed by atoms with Crippen LogP contribution in [0.15, 0.2) is 45.2 Å². The molecule has 0 aliphatic rings. The number of benzene rings is 1. The van der Waals surface area contributed by atoms with Crippen molar-refractivity contribution in [2.75, 3.05) is 13.1 Å². The van der Waals surface area contributed by atoms with Gasteiger partial charge in [0.2, 0.25) is 0 Å². The van der Waals surface area contributed by atoms with Crippen molar-refractivity contribution in [3.8, 4) is 5.75 Å². The van der Waals surface area contributed by atoms with E-state index in [0.717, 1.165) is 8.66 Å². The van der Waals surface area contributed by atoms with E-state index in [9.17, 15) is 13.9 Å². The molecule has 0 bridgehead atoms. The molecule has 1 atom stereocenters. The van der Waals surface area contributed by atoms with Gasteiger partial charge in [-0.3, -0.25) is 0 Å². The summed E-state index contributed by atoms with van der Waals surface area (Å²) in [7, 11) is 0. The Hall–Kier alpha value is -1.71. The average Bonchev–Trinajstić information content (AvgIpc) is 3.02. The minimum atomic E-state index is -2.87. The maximum Gasteiger partial charge on any atom is 0.387 e. The highest BCUT2D eigenvalue weighted by Crippen LogP contribution is 2.22. The quantitative estimate of drug-likeness (QED) is 0.424. The first kappa shape index (κ1) is 20.6. The van der Waals surface area contributed by atoms with Gasteiger partial charge in [0.25, 0.3) is 0 Å². The van der Waals surface area contributed by atoms with Crippen molar-refractivity contribution in [2.24, 2.45) is 4.99 Å². The molecule has 1 heterocycles. The molecule has 3 N–H and O–H groups in total. The molecule has 1 unspecified atom stereocenters. The molecule has 142 valence electrons. The normalized spacial score (nSPS) is 12.9. The van der Waals surface area contributed by atoms with Crippen molar-refractivity contribution >= 4 is 33.2 Å². The van der Waals surface area contributed by atoms with Crippen LogP contribution in [0.1, 0.15) is 23.5 Å². The summed E-state index contributed by atoms with van der Waals surface area (Å²) in [4.78, 5) is 5.59. The molecule has 0 saturated carbocycles. The standard InChI is InChI=1S/C17H20BrF2N3O2S/c1-2-21-17(22-9-13-7-8-15(18)26-13)23-10-14(24)11-3-5-12(6-4-11)25-16(19)20/h3-8,14,16,24H,2,9-10H2,1H3,(H2,21,22,23). The van der Waals surface area contributed by atoms with Crippen LogP contribution in [0.2, 0.25) is 0 Å². The molecular formula is C17H20BrF2N3O2S. The number of halogens is 3. The van der Waals surface area contributed by atoms with Crippen LogP contribution in [0.25, 0.3) is 0 Å². The summed E-state index contributed by atoms with van der Waals surface area (Å²) in [6.07, 6.45) is -0.810. The third-order valence-corrected chi connectivity index (χ3v) is 4.93. The topological polar surface area (TPSA) is 65.9 Å². The Morgan fingerprint density at radius 1 is 1.23 bits per heavy atom. The molecule has 9 heteroatoms. The summed E-state index contributed by atoms with van der Waals surface area (Å²) in [6.45, 7) is 0.540. The zero-order chi connectivity index (χ0) is 18.9. The Kier molecular flexibility index (Phi) is 8.27. The van der Waals surface area contributed by atoms with Crippen molar-refractivity contribution < 1.29 is 18.6 Å². The highest BCUT2D eigenvalue weighted by atomic mass is 79.9. The number of thiophene rings is 1. The first-order chi connectivity index (χ1) is 12.5. The average molecular weight is 448 g/mol. The molecule has 0 fully saturated rings. The fourth-order valence-electron chi connectivity index (χ4n) is 2.12. The molecule has 0 aliphatic carbocycles. The molecule has 0 spiro atoms. The Morgan fingerprint density at radius 3 is 2.54 bits per heavy atom. The number of aliphatic hydroxyl groups is 1. The largest absolute Gasteiger partial charge is 0.435 e. The lowest BCUT2D eigenvalue weighted by molar-refractivity contribution is -0.0498. The van der Waals surface area contributed by atoms with E-state index in [-0.39, 0.29) is 12.3 Å². The number of rotatable bonds is 8. The van der Waals surface area contributed by atoms with E-state index >= 15 is 0 Å². The highest BCUT2D eigenvalue weighted by Gasteiger charge is 2.10. The lowest BCUT2D eigenvalue weighted by Gasteiger charge is -2.16. The number of aliphatic hydroxyl groups excluding tert-OH is 1. The third kappa shape index (κ3) is 6.89. The molecule has 0 radical (unpaired) electrons. The van der Waals surface area contributed by atoms with Gasteiger partial charge in [0, 0.05) is 18.0 Å². The Labute approximate surface area is 163 Å². The van der Waals surface area contributed by atoms with Crippen LogP contribution in [0.4, 0.5) is 8.78 Å². The fourth-order valence-corrected chi connectivity index (χ4v) is 3.53. The predicted molar refractivity (Wildman–Crippen MR) is 103 cm³/mol. The summed E-state index contributed by atoms with van der Waals surface area (Å²) in [5.41, 5.74) is 0.595. The molecule has 0 amide bonds. The second kappa shape index (κ2) is 10.4. The number of nitrogens with one attached hydrogen (secondary N) is 2. The Bertz CT molecular complexity index is 710. The van der Waals surface area contributed by atoms with Crippen molar-refractivity contribution in [2.45, 2.75) is 26.2 Å². The zero-order valence-electron chi connectivity index (χ0n) is 14.1.